The van der Waals surface area contributed by atoms with Crippen molar-refractivity contribution in [2.75, 3.05) is 5.32 Å². The van der Waals surface area contributed by atoms with Crippen molar-refractivity contribution in [1.29, 1.82) is 0 Å². The van der Waals surface area contributed by atoms with Crippen LogP contribution < -0.4 is 34.9 Å². The number of hydrogen-bond acceptors (Lipinski definition) is 6. The zero-order valence-corrected chi connectivity index (χ0v) is 17.8. The zero-order chi connectivity index (χ0) is 19.1. The number of aromatic nitrogens is 2. The molecule has 8 nitrogen and oxygen atoms in total. The number of hydrogen-bond donors (Lipinski definition) is 1. The van der Waals surface area contributed by atoms with Crippen LogP contribution in [-0.2, 0) is 21.4 Å². The molecule has 3 rings (SSSR count). The van der Waals surface area contributed by atoms with Crippen molar-refractivity contribution in [3.8, 4) is 0 Å². The van der Waals surface area contributed by atoms with Gasteiger partial charge in [-0.3, -0.25) is 10.0 Å². The molecule has 0 atom stereocenters. The summed E-state index contributed by atoms with van der Waals surface area (Å²) in [4.78, 5) is 19.3. The van der Waals surface area contributed by atoms with Gasteiger partial charge in [-0.2, -0.15) is 0 Å². The molecule has 10 heteroatoms. The summed E-state index contributed by atoms with van der Waals surface area (Å²) < 4.78 is 33.1. The average molecular weight is 406 g/mol. The van der Waals surface area contributed by atoms with Crippen molar-refractivity contribution in [2.45, 2.75) is 11.5 Å². The molecule has 0 saturated carbocycles. The number of ether oxygens (including phenoxy) is 1. The maximum absolute atomic E-state index is 12.2. The molecule has 0 unspecified atom stereocenters. The maximum Gasteiger partial charge on any atom is 1.00 e. The van der Waals surface area contributed by atoms with Crippen LogP contribution in [0, 0.1) is 0 Å². The minimum absolute atomic E-state index is 0. The molecule has 0 spiro atoms. The van der Waals surface area contributed by atoms with Crippen molar-refractivity contribution >= 4 is 27.8 Å². The van der Waals surface area contributed by atoms with Gasteiger partial charge in [0.15, 0.2) is 0 Å². The van der Waals surface area contributed by atoms with Gasteiger partial charge in [0, 0.05) is 11.6 Å². The second-order valence-corrected chi connectivity index (χ2v) is 6.93. The fraction of sp³-hybridized carbons (Fsp3) is 0.0556. The normalized spacial score (nSPS) is 10.4. The predicted octanol–water partition coefficient (Wildman–Crippen LogP) is 0.623. The number of amides is 1. The molecule has 1 heterocycles. The summed E-state index contributed by atoms with van der Waals surface area (Å²) in [5.41, 5.74) is 1.25. The van der Waals surface area contributed by atoms with Crippen molar-refractivity contribution in [1.82, 2.24) is 9.97 Å². The number of sulfonamides is 1. The molecule has 1 amide bonds. The van der Waals surface area contributed by atoms with Gasteiger partial charge in [0.2, 0.25) is 10.0 Å². The van der Waals surface area contributed by atoms with Crippen LogP contribution in [0.2, 0.25) is 0 Å². The quantitative estimate of drug-likeness (QED) is 0.601. The summed E-state index contributed by atoms with van der Waals surface area (Å²) in [7, 11) is -3.95. The SMILES string of the molecule is O=C(Nc1ccc(S(=O)(=O)[N-]c2ncccn2)cc1)OCc1ccccc1.[Na+]. The van der Waals surface area contributed by atoms with Crippen LogP contribution in [0.4, 0.5) is 16.4 Å². The monoisotopic (exact) mass is 406 g/mol. The van der Waals surface area contributed by atoms with E-state index in [0.717, 1.165) is 5.56 Å². The maximum atomic E-state index is 12.2. The van der Waals surface area contributed by atoms with Gasteiger partial charge in [0.1, 0.15) is 6.61 Å². The Balaban J connectivity index is 0.00000280. The number of carbonyl (C=O) groups is 1. The molecule has 0 aliphatic rings. The number of anilines is 1. The van der Waals surface area contributed by atoms with E-state index in [9.17, 15) is 13.2 Å². The predicted molar refractivity (Wildman–Crippen MR) is 98.9 cm³/mol. The van der Waals surface area contributed by atoms with E-state index in [-0.39, 0.29) is 47.0 Å². The Morgan fingerprint density at radius 3 is 2.25 bits per heavy atom. The first-order valence-corrected chi connectivity index (χ1v) is 9.30. The third-order valence-corrected chi connectivity index (χ3v) is 4.64. The topological polar surface area (TPSA) is 112 Å². The number of carbonyl (C=O) groups excluding carboxylic acids is 1. The third kappa shape index (κ3) is 6.31. The molecular formula is C18H15N4NaO4S. The first kappa shape index (κ1) is 21.8. The smallest absolute Gasteiger partial charge is 0.444 e. The average Bonchev–Trinajstić information content (AvgIpc) is 2.68. The Kier molecular flexibility index (Phi) is 7.94. The van der Waals surface area contributed by atoms with E-state index < -0.39 is 16.1 Å². The first-order valence-electron chi connectivity index (χ1n) is 7.86. The van der Waals surface area contributed by atoms with Crippen LogP contribution in [0.1, 0.15) is 5.56 Å². The van der Waals surface area contributed by atoms with E-state index in [0.29, 0.717) is 5.69 Å². The molecule has 0 saturated heterocycles. The van der Waals surface area contributed by atoms with Crippen LogP contribution >= 0.6 is 0 Å². The fourth-order valence-electron chi connectivity index (χ4n) is 2.09. The van der Waals surface area contributed by atoms with E-state index in [2.05, 4.69) is 20.0 Å². The Labute approximate surface area is 184 Å². The Morgan fingerprint density at radius 1 is 0.964 bits per heavy atom. The molecule has 1 aromatic heterocycles. The number of benzene rings is 2. The van der Waals surface area contributed by atoms with E-state index in [1.54, 1.807) is 6.07 Å². The summed E-state index contributed by atoms with van der Waals surface area (Å²) in [6.07, 6.45) is 2.15. The summed E-state index contributed by atoms with van der Waals surface area (Å²) in [5, 5.41) is 2.53. The molecule has 28 heavy (non-hydrogen) atoms. The Morgan fingerprint density at radius 2 is 1.61 bits per heavy atom. The van der Waals surface area contributed by atoms with Crippen LogP contribution in [-0.4, -0.2) is 24.5 Å². The molecule has 0 fully saturated rings. The molecule has 3 aromatic rings. The van der Waals surface area contributed by atoms with Crippen LogP contribution in [0.5, 0.6) is 0 Å². The largest absolute Gasteiger partial charge is 1.00 e. The molecule has 0 aliphatic carbocycles. The second-order valence-electron chi connectivity index (χ2n) is 5.33. The minimum atomic E-state index is -3.95. The van der Waals surface area contributed by atoms with Gasteiger partial charge in [-0.05, 0) is 42.2 Å². The van der Waals surface area contributed by atoms with E-state index in [4.69, 9.17) is 4.74 Å². The summed E-state index contributed by atoms with van der Waals surface area (Å²) >= 11 is 0. The molecule has 138 valence electrons. The van der Waals surface area contributed by atoms with Gasteiger partial charge in [0.25, 0.3) is 0 Å². The Bertz CT molecular complexity index is 1000. The number of nitrogens with one attached hydrogen (secondary N) is 1. The summed E-state index contributed by atoms with van der Waals surface area (Å²) in [6.45, 7) is 0.134. The second kappa shape index (κ2) is 10.2. The molecular weight excluding hydrogens is 391 g/mol. The van der Waals surface area contributed by atoms with Gasteiger partial charge in [-0.25, -0.2) is 13.2 Å². The van der Waals surface area contributed by atoms with Gasteiger partial charge in [-0.15, -0.1) is 0 Å². The van der Waals surface area contributed by atoms with Gasteiger partial charge >= 0.3 is 35.7 Å². The van der Waals surface area contributed by atoms with Crippen LogP contribution in [0.3, 0.4) is 0 Å². The van der Waals surface area contributed by atoms with Gasteiger partial charge in [0.05, 0.1) is 4.90 Å². The third-order valence-electron chi connectivity index (χ3n) is 3.37. The van der Waals surface area contributed by atoms with Gasteiger partial charge in [-0.1, -0.05) is 36.4 Å². The molecule has 0 aliphatic heterocycles. The number of rotatable bonds is 6. The molecule has 2 aromatic carbocycles. The zero-order valence-electron chi connectivity index (χ0n) is 15.0. The fourth-order valence-corrected chi connectivity index (χ4v) is 2.98. The Hall–Kier alpha value is -2.46. The van der Waals surface area contributed by atoms with E-state index in [1.807, 2.05) is 30.3 Å². The van der Waals surface area contributed by atoms with Crippen molar-refractivity contribution in [3.05, 3.63) is 83.3 Å². The van der Waals surface area contributed by atoms with Gasteiger partial charge < -0.3 is 14.7 Å². The van der Waals surface area contributed by atoms with E-state index >= 15 is 0 Å². The van der Waals surface area contributed by atoms with Crippen LogP contribution in [0.25, 0.3) is 4.72 Å². The number of nitrogens with zero attached hydrogens (tertiary/aromatic N) is 3. The first-order chi connectivity index (χ1) is 13.0. The minimum Gasteiger partial charge on any atom is -0.444 e. The summed E-state index contributed by atoms with van der Waals surface area (Å²) in [6, 6.07) is 16.3. The van der Waals surface area contributed by atoms with Crippen molar-refractivity contribution in [2.24, 2.45) is 0 Å². The van der Waals surface area contributed by atoms with E-state index in [1.165, 1.54) is 36.7 Å². The summed E-state index contributed by atoms with van der Waals surface area (Å²) in [5.74, 6) is -0.149. The molecule has 0 radical (unpaired) electrons. The molecule has 0 bridgehead atoms. The molecule has 1 N–H and O–H groups in total. The van der Waals surface area contributed by atoms with Crippen molar-refractivity contribution in [3.63, 3.8) is 0 Å². The van der Waals surface area contributed by atoms with Crippen molar-refractivity contribution < 1.29 is 47.5 Å². The van der Waals surface area contributed by atoms with Crippen LogP contribution in [0.15, 0.2) is 78.0 Å². The standard InChI is InChI=1S/C18H16N4O4S.Na/c23-18(26-13-14-5-2-1-3-6-14)21-15-7-9-16(10-8-15)27(24,25)22-17-19-11-4-12-20-17;/h1-12H,13H2,(H2,19,20,21,22,23);/q;+1/p-1.